The van der Waals surface area contributed by atoms with Gasteiger partial charge in [-0.1, -0.05) is 54.6 Å². The highest BCUT2D eigenvalue weighted by Crippen LogP contribution is 2.28. The van der Waals surface area contributed by atoms with E-state index >= 15 is 0 Å². The molecule has 0 saturated carbocycles. The molecular formula is C22H24N2O3S. The van der Waals surface area contributed by atoms with Crippen LogP contribution in [0.2, 0.25) is 0 Å². The predicted octanol–water partition coefficient (Wildman–Crippen LogP) is 3.97. The van der Waals surface area contributed by atoms with E-state index < -0.39 is 10.0 Å². The second-order valence-electron chi connectivity index (χ2n) is 6.69. The average Bonchev–Trinajstić information content (AvgIpc) is 2.67. The van der Waals surface area contributed by atoms with Crippen LogP contribution in [0.25, 0.3) is 10.8 Å². The fourth-order valence-corrected chi connectivity index (χ4v) is 4.26. The van der Waals surface area contributed by atoms with E-state index in [0.717, 1.165) is 28.3 Å². The molecule has 0 spiro atoms. The lowest BCUT2D eigenvalue weighted by Crippen LogP contribution is -2.43. The van der Waals surface area contributed by atoms with Crippen molar-refractivity contribution >= 4 is 38.1 Å². The fourth-order valence-electron chi connectivity index (χ4n) is 3.36. The highest BCUT2D eigenvalue weighted by molar-refractivity contribution is 7.92. The van der Waals surface area contributed by atoms with Crippen molar-refractivity contribution in [3.63, 3.8) is 0 Å². The lowest BCUT2D eigenvalue weighted by Gasteiger charge is -2.28. The third kappa shape index (κ3) is 4.02. The molecule has 0 heterocycles. The van der Waals surface area contributed by atoms with Gasteiger partial charge < -0.3 is 4.90 Å². The summed E-state index contributed by atoms with van der Waals surface area (Å²) in [5, 5.41) is 1.99. The molecule has 0 bridgehead atoms. The monoisotopic (exact) mass is 396 g/mol. The maximum absolute atomic E-state index is 13.2. The van der Waals surface area contributed by atoms with Gasteiger partial charge in [0.05, 0.1) is 17.6 Å². The second kappa shape index (κ2) is 8.02. The highest BCUT2D eigenvalue weighted by Gasteiger charge is 2.25. The van der Waals surface area contributed by atoms with Gasteiger partial charge in [0, 0.05) is 11.9 Å². The molecule has 146 valence electrons. The standard InChI is InChI=1S/C22H24N2O3S/c1-4-23(21-15-9-12-18-11-6-7-13-19(18)21)22(25)16-24(28(3,26)27)20-14-8-5-10-17(20)2/h5-15H,4,16H2,1-3H3. The quantitative estimate of drug-likeness (QED) is 0.634. The minimum atomic E-state index is -3.62. The lowest BCUT2D eigenvalue weighted by molar-refractivity contribution is -0.117. The van der Waals surface area contributed by atoms with Gasteiger partial charge in [-0.25, -0.2) is 8.42 Å². The number of anilines is 2. The molecule has 0 unspecified atom stereocenters. The zero-order chi connectivity index (χ0) is 20.3. The number of nitrogens with zero attached hydrogens (tertiary/aromatic N) is 2. The molecule has 0 N–H and O–H groups in total. The van der Waals surface area contributed by atoms with E-state index in [1.807, 2.05) is 68.4 Å². The summed E-state index contributed by atoms with van der Waals surface area (Å²) >= 11 is 0. The number of likely N-dealkylation sites (N-methyl/N-ethyl adjacent to an activating group) is 1. The molecule has 3 aromatic carbocycles. The van der Waals surface area contributed by atoms with E-state index in [4.69, 9.17) is 0 Å². The Morgan fingerprint density at radius 3 is 2.18 bits per heavy atom. The minimum absolute atomic E-state index is 0.249. The van der Waals surface area contributed by atoms with Crippen molar-refractivity contribution in [2.24, 2.45) is 0 Å². The van der Waals surface area contributed by atoms with Gasteiger partial charge in [-0.3, -0.25) is 9.10 Å². The Bertz CT molecular complexity index is 1100. The Hall–Kier alpha value is -2.86. The van der Waals surface area contributed by atoms with Gasteiger partial charge in [-0.2, -0.15) is 0 Å². The summed E-state index contributed by atoms with van der Waals surface area (Å²) in [6.07, 6.45) is 1.13. The van der Waals surface area contributed by atoms with E-state index in [1.165, 1.54) is 4.31 Å². The van der Waals surface area contributed by atoms with Crippen molar-refractivity contribution in [2.75, 3.05) is 28.6 Å². The largest absolute Gasteiger partial charge is 0.311 e. The first-order valence-corrected chi connectivity index (χ1v) is 11.0. The van der Waals surface area contributed by atoms with Crippen LogP contribution in [0, 0.1) is 6.92 Å². The van der Waals surface area contributed by atoms with Crippen molar-refractivity contribution in [2.45, 2.75) is 13.8 Å². The van der Waals surface area contributed by atoms with Crippen molar-refractivity contribution in [3.05, 3.63) is 72.3 Å². The highest BCUT2D eigenvalue weighted by atomic mass is 32.2. The van der Waals surface area contributed by atoms with Crippen LogP contribution < -0.4 is 9.21 Å². The van der Waals surface area contributed by atoms with E-state index in [-0.39, 0.29) is 12.5 Å². The van der Waals surface area contributed by atoms with Crippen LogP contribution in [-0.4, -0.2) is 33.7 Å². The molecule has 0 radical (unpaired) electrons. The van der Waals surface area contributed by atoms with Crippen LogP contribution in [0.3, 0.4) is 0 Å². The first kappa shape index (κ1) is 19.9. The van der Waals surface area contributed by atoms with Crippen LogP contribution in [0.5, 0.6) is 0 Å². The molecule has 28 heavy (non-hydrogen) atoms. The maximum Gasteiger partial charge on any atom is 0.247 e. The smallest absolute Gasteiger partial charge is 0.247 e. The SMILES string of the molecule is CCN(C(=O)CN(c1ccccc1C)S(C)(=O)=O)c1cccc2ccccc12. The molecule has 0 atom stereocenters. The number of rotatable bonds is 6. The first-order chi connectivity index (χ1) is 13.3. The molecule has 0 fully saturated rings. The van der Waals surface area contributed by atoms with Crippen molar-refractivity contribution in [3.8, 4) is 0 Å². The number of carbonyl (C=O) groups excluding carboxylic acids is 1. The molecule has 0 aliphatic carbocycles. The third-order valence-corrected chi connectivity index (χ3v) is 5.86. The first-order valence-electron chi connectivity index (χ1n) is 9.14. The molecule has 5 nitrogen and oxygen atoms in total. The van der Waals surface area contributed by atoms with Crippen LogP contribution >= 0.6 is 0 Å². The Morgan fingerprint density at radius 1 is 0.893 bits per heavy atom. The molecule has 6 heteroatoms. The number of hydrogen-bond acceptors (Lipinski definition) is 3. The molecule has 0 saturated heterocycles. The van der Waals surface area contributed by atoms with Gasteiger partial charge in [-0.05, 0) is 36.9 Å². The van der Waals surface area contributed by atoms with Crippen LogP contribution in [0.15, 0.2) is 66.7 Å². The predicted molar refractivity (Wildman–Crippen MR) is 115 cm³/mol. The van der Waals surface area contributed by atoms with Crippen molar-refractivity contribution < 1.29 is 13.2 Å². The number of aryl methyl sites for hydroxylation is 1. The van der Waals surface area contributed by atoms with Gasteiger partial charge in [0.2, 0.25) is 15.9 Å². The molecule has 0 aliphatic heterocycles. The second-order valence-corrected chi connectivity index (χ2v) is 8.60. The molecule has 3 aromatic rings. The molecule has 1 amide bonds. The van der Waals surface area contributed by atoms with E-state index in [1.54, 1.807) is 17.0 Å². The summed E-state index contributed by atoms with van der Waals surface area (Å²) in [4.78, 5) is 14.8. The topological polar surface area (TPSA) is 57.7 Å². The minimum Gasteiger partial charge on any atom is -0.311 e. The summed E-state index contributed by atoms with van der Waals surface area (Å²) in [5.41, 5.74) is 2.10. The number of hydrogen-bond donors (Lipinski definition) is 0. The van der Waals surface area contributed by atoms with E-state index in [2.05, 4.69) is 0 Å². The number of amides is 1. The molecule has 0 aliphatic rings. The van der Waals surface area contributed by atoms with Gasteiger partial charge in [-0.15, -0.1) is 0 Å². The van der Waals surface area contributed by atoms with Crippen LogP contribution in [0.4, 0.5) is 11.4 Å². The van der Waals surface area contributed by atoms with E-state index in [0.29, 0.717) is 12.2 Å². The molecule has 3 rings (SSSR count). The average molecular weight is 397 g/mol. The third-order valence-electron chi connectivity index (χ3n) is 4.74. The molecular weight excluding hydrogens is 372 g/mol. The Balaban J connectivity index is 1.99. The van der Waals surface area contributed by atoms with Gasteiger partial charge >= 0.3 is 0 Å². The summed E-state index contributed by atoms with van der Waals surface area (Å²) in [6, 6.07) is 20.8. The number of benzene rings is 3. The van der Waals surface area contributed by atoms with E-state index in [9.17, 15) is 13.2 Å². The summed E-state index contributed by atoms with van der Waals surface area (Å²) in [5.74, 6) is -0.271. The Morgan fingerprint density at radius 2 is 1.50 bits per heavy atom. The summed E-state index contributed by atoms with van der Waals surface area (Å²) in [7, 11) is -3.62. The van der Waals surface area contributed by atoms with Gasteiger partial charge in [0.15, 0.2) is 0 Å². The van der Waals surface area contributed by atoms with Gasteiger partial charge in [0.25, 0.3) is 0 Å². The van der Waals surface area contributed by atoms with Crippen LogP contribution in [-0.2, 0) is 14.8 Å². The lowest BCUT2D eigenvalue weighted by atomic mass is 10.1. The van der Waals surface area contributed by atoms with Crippen molar-refractivity contribution in [1.29, 1.82) is 0 Å². The van der Waals surface area contributed by atoms with Gasteiger partial charge in [0.1, 0.15) is 6.54 Å². The summed E-state index contributed by atoms with van der Waals surface area (Å²) < 4.78 is 26.0. The summed E-state index contributed by atoms with van der Waals surface area (Å²) in [6.45, 7) is 3.91. The Labute approximate surface area is 166 Å². The number of sulfonamides is 1. The number of para-hydroxylation sites is 1. The molecule has 0 aromatic heterocycles. The van der Waals surface area contributed by atoms with Crippen LogP contribution in [0.1, 0.15) is 12.5 Å². The number of fused-ring (bicyclic) bond motifs is 1. The zero-order valence-electron chi connectivity index (χ0n) is 16.3. The van der Waals surface area contributed by atoms with Crippen molar-refractivity contribution in [1.82, 2.24) is 0 Å². The maximum atomic E-state index is 13.2. The fraction of sp³-hybridized carbons (Fsp3) is 0.227. The normalized spacial score (nSPS) is 11.4. The zero-order valence-corrected chi connectivity index (χ0v) is 17.1. The number of carbonyl (C=O) groups is 1. The Kier molecular flexibility index (Phi) is 5.70.